The van der Waals surface area contributed by atoms with Gasteiger partial charge >= 0.3 is 58.4 Å². The number of hydrogen-bond donors (Lipinski definition) is 0. The van der Waals surface area contributed by atoms with Crippen molar-refractivity contribution in [1.29, 1.82) is 0 Å². The molecule has 6 heteroatoms. The molecule has 1 nitrogen and oxygen atoms in total. The van der Waals surface area contributed by atoms with E-state index in [1.165, 1.54) is 0 Å². The molecule has 0 fully saturated rings. The smallest absolute Gasteiger partial charge is 0.445 e. The molecule has 0 aliphatic rings. The maximum atomic E-state index is 12.1. The fraction of sp³-hybridized carbons (Fsp3) is 0.200. The molecule has 16 heavy (non-hydrogen) atoms. The Hall–Kier alpha value is 0.411. The summed E-state index contributed by atoms with van der Waals surface area (Å²) >= 11 is 0. The third kappa shape index (κ3) is 6.22. The van der Waals surface area contributed by atoms with Crippen LogP contribution in [0, 0.1) is 0 Å². The van der Waals surface area contributed by atoms with Crippen molar-refractivity contribution in [2.45, 2.75) is 6.61 Å². The summed E-state index contributed by atoms with van der Waals surface area (Å²) in [5.41, 5.74) is 0.0471. The zero-order valence-corrected chi connectivity index (χ0v) is 12.3. The summed E-state index contributed by atoms with van der Waals surface area (Å²) in [6.07, 6.45) is 0. The maximum Gasteiger partial charge on any atom is 1.00 e. The van der Waals surface area contributed by atoms with Gasteiger partial charge in [-0.2, -0.15) is 0 Å². The largest absolute Gasteiger partial charge is 1.00 e. The van der Waals surface area contributed by atoms with Crippen LogP contribution in [0.25, 0.3) is 0 Å². The molecular formula is C10H11BF3KO. The third-order valence-corrected chi connectivity index (χ3v) is 1.86. The van der Waals surface area contributed by atoms with Gasteiger partial charge in [0, 0.05) is 6.61 Å². The molecule has 0 spiro atoms. The van der Waals surface area contributed by atoms with Crippen molar-refractivity contribution in [2.75, 3.05) is 6.61 Å². The van der Waals surface area contributed by atoms with Gasteiger partial charge in [-0.3, -0.25) is 0 Å². The number of ether oxygens (including phenoxy) is 1. The summed E-state index contributed by atoms with van der Waals surface area (Å²) in [6.45, 7) is -2.33. The Kier molecular flexibility index (Phi) is 7.88. The van der Waals surface area contributed by atoms with Gasteiger partial charge in [0.2, 0.25) is 0 Å². The van der Waals surface area contributed by atoms with Crippen LogP contribution in [0.3, 0.4) is 0 Å². The summed E-state index contributed by atoms with van der Waals surface area (Å²) in [6, 6.07) is 9.03. The van der Waals surface area contributed by atoms with Gasteiger partial charge in [0.05, 0.1) is 6.61 Å². The Morgan fingerprint density at radius 2 is 1.75 bits per heavy atom. The molecule has 0 atom stereocenters. The standard InChI is InChI=1S/C10H11BF3O.K/c1-9(11(12,13)14)7-15-8-10-5-3-2-4-6-10;/h2-6H,1,7-8H2;/q-1;+1. The molecule has 0 saturated heterocycles. The first-order valence-corrected chi connectivity index (χ1v) is 4.49. The monoisotopic (exact) mass is 254 g/mol. The molecule has 0 saturated carbocycles. The van der Waals surface area contributed by atoms with Crippen LogP contribution in [0.15, 0.2) is 42.4 Å². The van der Waals surface area contributed by atoms with Crippen molar-refractivity contribution in [2.24, 2.45) is 0 Å². The second kappa shape index (κ2) is 7.68. The third-order valence-electron chi connectivity index (χ3n) is 1.86. The Morgan fingerprint density at radius 3 is 2.25 bits per heavy atom. The van der Waals surface area contributed by atoms with Gasteiger partial charge in [-0.15, -0.1) is 12.1 Å². The average Bonchev–Trinajstić information content (AvgIpc) is 2.18. The molecule has 0 amide bonds. The molecule has 1 aromatic carbocycles. The van der Waals surface area contributed by atoms with Crippen LogP contribution in [0.1, 0.15) is 5.56 Å². The van der Waals surface area contributed by atoms with Crippen LogP contribution in [-0.2, 0) is 11.3 Å². The minimum absolute atomic E-state index is 0. The average molecular weight is 254 g/mol. The van der Waals surface area contributed by atoms with E-state index in [4.69, 9.17) is 4.74 Å². The van der Waals surface area contributed by atoms with E-state index in [-0.39, 0.29) is 58.0 Å². The minimum atomic E-state index is -4.97. The fourth-order valence-electron chi connectivity index (χ4n) is 0.969. The van der Waals surface area contributed by atoms with Gasteiger partial charge in [0.25, 0.3) is 0 Å². The SMILES string of the molecule is C=C(COCc1ccccc1)[B-](F)(F)F.[K+]. The van der Waals surface area contributed by atoms with Gasteiger partial charge in [-0.1, -0.05) is 30.3 Å². The predicted octanol–water partition coefficient (Wildman–Crippen LogP) is 0.150. The number of benzene rings is 1. The van der Waals surface area contributed by atoms with E-state index in [1.54, 1.807) is 24.3 Å². The summed E-state index contributed by atoms with van der Waals surface area (Å²) in [5, 5.41) is 0. The van der Waals surface area contributed by atoms with E-state index in [1.807, 2.05) is 6.07 Å². The van der Waals surface area contributed by atoms with Crippen LogP contribution in [0.5, 0.6) is 0 Å². The van der Waals surface area contributed by atoms with E-state index in [9.17, 15) is 12.9 Å². The molecule has 1 aromatic rings. The van der Waals surface area contributed by atoms with Crippen molar-refractivity contribution in [3.8, 4) is 0 Å². The summed E-state index contributed by atoms with van der Waals surface area (Å²) in [5.74, 6) is 0. The Bertz CT molecular complexity index is 327. The first-order chi connectivity index (χ1) is 7.00. The van der Waals surface area contributed by atoms with Gasteiger partial charge in [0.15, 0.2) is 0 Å². The molecule has 0 aromatic heterocycles. The Balaban J connectivity index is 0.00000225. The number of hydrogen-bond acceptors (Lipinski definition) is 1. The van der Waals surface area contributed by atoms with E-state index in [0.717, 1.165) is 5.56 Å². The molecular weight excluding hydrogens is 243 g/mol. The normalized spacial score (nSPS) is 10.7. The first kappa shape index (κ1) is 16.4. The predicted molar refractivity (Wildman–Crippen MR) is 54.3 cm³/mol. The Labute approximate surface area is 136 Å². The summed E-state index contributed by atoms with van der Waals surface area (Å²) in [7, 11) is 0. The fourth-order valence-corrected chi connectivity index (χ4v) is 0.969. The molecule has 0 radical (unpaired) electrons. The van der Waals surface area contributed by atoms with Gasteiger partial charge in [-0.05, 0) is 5.56 Å². The molecule has 0 unspecified atom stereocenters. The topological polar surface area (TPSA) is 9.23 Å². The molecule has 0 aliphatic heterocycles. The van der Waals surface area contributed by atoms with E-state index in [0.29, 0.717) is 0 Å². The van der Waals surface area contributed by atoms with Crippen LogP contribution >= 0.6 is 0 Å². The van der Waals surface area contributed by atoms with Crippen molar-refractivity contribution in [3.63, 3.8) is 0 Å². The molecule has 0 bridgehead atoms. The van der Waals surface area contributed by atoms with E-state index < -0.39 is 19.1 Å². The molecule has 82 valence electrons. The van der Waals surface area contributed by atoms with Gasteiger partial charge < -0.3 is 17.7 Å². The zero-order valence-electron chi connectivity index (χ0n) is 9.13. The van der Waals surface area contributed by atoms with Crippen molar-refractivity contribution in [1.82, 2.24) is 0 Å². The number of rotatable bonds is 5. The van der Waals surface area contributed by atoms with Gasteiger partial charge in [-0.25, -0.2) is 0 Å². The second-order valence-corrected chi connectivity index (χ2v) is 3.21. The first-order valence-electron chi connectivity index (χ1n) is 4.49. The molecule has 0 heterocycles. The quantitative estimate of drug-likeness (QED) is 0.680. The van der Waals surface area contributed by atoms with Crippen LogP contribution in [-0.4, -0.2) is 13.6 Å². The van der Waals surface area contributed by atoms with Crippen LogP contribution in [0.4, 0.5) is 12.9 Å². The van der Waals surface area contributed by atoms with E-state index in [2.05, 4.69) is 6.58 Å². The maximum absolute atomic E-state index is 12.1. The van der Waals surface area contributed by atoms with Crippen molar-refractivity contribution in [3.05, 3.63) is 47.9 Å². The second-order valence-electron chi connectivity index (χ2n) is 3.21. The minimum Gasteiger partial charge on any atom is -0.445 e. The zero-order chi connectivity index (χ0) is 11.3. The van der Waals surface area contributed by atoms with E-state index >= 15 is 0 Å². The van der Waals surface area contributed by atoms with Gasteiger partial charge in [0.1, 0.15) is 0 Å². The van der Waals surface area contributed by atoms with Crippen LogP contribution in [0.2, 0.25) is 0 Å². The van der Waals surface area contributed by atoms with Crippen LogP contribution < -0.4 is 51.4 Å². The molecule has 0 N–H and O–H groups in total. The Morgan fingerprint density at radius 1 is 1.19 bits per heavy atom. The summed E-state index contributed by atoms with van der Waals surface area (Å²) < 4.78 is 41.1. The van der Waals surface area contributed by atoms with Crippen molar-refractivity contribution >= 4 is 6.98 Å². The summed E-state index contributed by atoms with van der Waals surface area (Å²) in [4.78, 5) is 0. The molecule has 1 rings (SSSR count). The number of halogens is 3. The molecule has 0 aliphatic carbocycles. The van der Waals surface area contributed by atoms with Crippen molar-refractivity contribution < 1.29 is 69.1 Å².